The molecule has 0 saturated carbocycles. The van der Waals surface area contributed by atoms with Crippen molar-refractivity contribution in [2.45, 2.75) is 25.1 Å². The minimum atomic E-state index is -4.63. The topological polar surface area (TPSA) is 67.0 Å². The molecule has 5 nitrogen and oxygen atoms in total. The van der Waals surface area contributed by atoms with Gasteiger partial charge in [-0.2, -0.15) is 13.2 Å². The summed E-state index contributed by atoms with van der Waals surface area (Å²) in [6, 6.07) is 0.428. The zero-order chi connectivity index (χ0) is 13.2. The lowest BCUT2D eigenvalue weighted by Gasteiger charge is -2.12. The maximum absolute atomic E-state index is 12.4. The van der Waals surface area contributed by atoms with Crippen molar-refractivity contribution >= 4 is 5.95 Å². The minimum Gasteiger partial charge on any atom is -0.376 e. The van der Waals surface area contributed by atoms with E-state index in [0.717, 1.165) is 12.8 Å². The van der Waals surface area contributed by atoms with Gasteiger partial charge in [0, 0.05) is 19.2 Å². The van der Waals surface area contributed by atoms with E-state index in [0.29, 0.717) is 19.2 Å². The average Bonchev–Trinajstić information content (AvgIpc) is 2.77. The predicted molar refractivity (Wildman–Crippen MR) is 57.3 cm³/mol. The van der Waals surface area contributed by atoms with E-state index in [1.165, 1.54) is 0 Å². The number of H-pyrrole nitrogens is 1. The van der Waals surface area contributed by atoms with Gasteiger partial charge in [0.1, 0.15) is 0 Å². The number of nitrogens with zero attached hydrogens (tertiary/aromatic N) is 1. The summed E-state index contributed by atoms with van der Waals surface area (Å²) in [6.07, 6.45) is -2.91. The largest absolute Gasteiger partial charge is 0.433 e. The second kappa shape index (κ2) is 4.97. The first kappa shape index (κ1) is 12.9. The van der Waals surface area contributed by atoms with Crippen molar-refractivity contribution in [3.05, 3.63) is 22.1 Å². The lowest BCUT2D eigenvalue weighted by molar-refractivity contribution is -0.141. The van der Waals surface area contributed by atoms with Gasteiger partial charge in [-0.3, -0.25) is 9.78 Å². The van der Waals surface area contributed by atoms with Gasteiger partial charge < -0.3 is 10.1 Å². The summed E-state index contributed by atoms with van der Waals surface area (Å²) in [5.74, 6) is -0.190. The van der Waals surface area contributed by atoms with Crippen LogP contribution < -0.4 is 10.9 Å². The maximum atomic E-state index is 12.4. The molecular formula is C10H12F3N3O2. The number of nitrogens with one attached hydrogen (secondary N) is 2. The van der Waals surface area contributed by atoms with Gasteiger partial charge in [-0.1, -0.05) is 0 Å². The number of hydrogen-bond donors (Lipinski definition) is 2. The van der Waals surface area contributed by atoms with Gasteiger partial charge in [0.25, 0.3) is 5.56 Å². The molecule has 0 amide bonds. The highest BCUT2D eigenvalue weighted by atomic mass is 19.4. The molecule has 100 valence electrons. The molecular weight excluding hydrogens is 251 g/mol. The number of anilines is 1. The summed E-state index contributed by atoms with van der Waals surface area (Å²) in [6.45, 7) is 0.975. The highest BCUT2D eigenvalue weighted by molar-refractivity contribution is 5.26. The Labute approximate surface area is 100 Å². The zero-order valence-electron chi connectivity index (χ0n) is 9.38. The van der Waals surface area contributed by atoms with E-state index in [4.69, 9.17) is 4.74 Å². The lowest BCUT2D eigenvalue weighted by Crippen LogP contribution is -2.23. The lowest BCUT2D eigenvalue weighted by atomic mass is 10.2. The standard InChI is InChI=1S/C10H12F3N3O2/c11-10(12,13)7-4-8(17)16-9(15-7)14-5-6-2-1-3-18-6/h4,6H,1-3,5H2,(H2,14,15,16,17)/t6-/m1/s1. The van der Waals surface area contributed by atoms with E-state index in [-0.39, 0.29) is 12.1 Å². The van der Waals surface area contributed by atoms with Gasteiger partial charge in [0.2, 0.25) is 5.95 Å². The Morgan fingerprint density at radius 2 is 2.33 bits per heavy atom. The van der Waals surface area contributed by atoms with Crippen molar-refractivity contribution in [2.75, 3.05) is 18.5 Å². The van der Waals surface area contributed by atoms with Crippen LogP contribution in [0.3, 0.4) is 0 Å². The monoisotopic (exact) mass is 263 g/mol. The zero-order valence-corrected chi connectivity index (χ0v) is 9.38. The normalized spacial score (nSPS) is 20.1. The van der Waals surface area contributed by atoms with Gasteiger partial charge in [-0.05, 0) is 12.8 Å². The summed E-state index contributed by atoms with van der Waals surface area (Å²) in [5.41, 5.74) is -2.05. The van der Waals surface area contributed by atoms with E-state index in [1.807, 2.05) is 0 Å². The van der Waals surface area contributed by atoms with Gasteiger partial charge in [-0.15, -0.1) is 0 Å². The number of aromatic nitrogens is 2. The average molecular weight is 263 g/mol. The maximum Gasteiger partial charge on any atom is 0.433 e. The fourth-order valence-corrected chi connectivity index (χ4v) is 1.70. The molecule has 18 heavy (non-hydrogen) atoms. The highest BCUT2D eigenvalue weighted by Gasteiger charge is 2.33. The molecule has 1 aliphatic heterocycles. The fourth-order valence-electron chi connectivity index (χ4n) is 1.70. The van der Waals surface area contributed by atoms with Crippen LogP contribution in [0.4, 0.5) is 19.1 Å². The third kappa shape index (κ3) is 3.22. The van der Waals surface area contributed by atoms with Gasteiger partial charge in [0.05, 0.1) is 6.10 Å². The molecule has 1 aromatic heterocycles. The first-order valence-corrected chi connectivity index (χ1v) is 5.49. The molecule has 2 heterocycles. The van der Waals surface area contributed by atoms with Crippen LogP contribution in [0.1, 0.15) is 18.5 Å². The van der Waals surface area contributed by atoms with Crippen LogP contribution in [0.2, 0.25) is 0 Å². The summed E-state index contributed by atoms with van der Waals surface area (Å²) < 4.78 is 42.6. The van der Waals surface area contributed by atoms with Crippen LogP contribution in [-0.4, -0.2) is 29.2 Å². The summed E-state index contributed by atoms with van der Waals surface area (Å²) in [7, 11) is 0. The Bertz CT molecular complexity index is 466. The molecule has 0 aliphatic carbocycles. The van der Waals surface area contributed by atoms with E-state index < -0.39 is 17.4 Å². The Hall–Kier alpha value is -1.57. The number of rotatable bonds is 3. The van der Waals surface area contributed by atoms with Crippen LogP contribution in [0.15, 0.2) is 10.9 Å². The van der Waals surface area contributed by atoms with E-state index in [2.05, 4.69) is 15.3 Å². The summed E-state index contributed by atoms with van der Waals surface area (Å²) >= 11 is 0. The molecule has 1 atom stereocenters. The second-order valence-electron chi connectivity index (χ2n) is 3.99. The molecule has 0 unspecified atom stereocenters. The minimum absolute atomic E-state index is 0.0511. The Balaban J connectivity index is 2.08. The van der Waals surface area contributed by atoms with Crippen LogP contribution in [0.25, 0.3) is 0 Å². The molecule has 1 aliphatic rings. The number of halogens is 3. The fraction of sp³-hybridized carbons (Fsp3) is 0.600. The second-order valence-corrected chi connectivity index (χ2v) is 3.99. The molecule has 0 bridgehead atoms. The molecule has 0 aromatic carbocycles. The molecule has 1 fully saturated rings. The van der Waals surface area contributed by atoms with Gasteiger partial charge >= 0.3 is 6.18 Å². The van der Waals surface area contributed by atoms with Crippen LogP contribution in [0.5, 0.6) is 0 Å². The predicted octanol–water partition coefficient (Wildman–Crippen LogP) is 1.38. The van der Waals surface area contributed by atoms with E-state index in [1.54, 1.807) is 0 Å². The van der Waals surface area contributed by atoms with Crippen molar-refractivity contribution < 1.29 is 17.9 Å². The Morgan fingerprint density at radius 3 is 2.94 bits per heavy atom. The molecule has 1 saturated heterocycles. The van der Waals surface area contributed by atoms with E-state index in [9.17, 15) is 18.0 Å². The third-order valence-corrected chi connectivity index (χ3v) is 2.55. The Morgan fingerprint density at radius 1 is 1.56 bits per heavy atom. The smallest absolute Gasteiger partial charge is 0.376 e. The van der Waals surface area contributed by atoms with Crippen molar-refractivity contribution in [1.82, 2.24) is 9.97 Å². The van der Waals surface area contributed by atoms with E-state index >= 15 is 0 Å². The third-order valence-electron chi connectivity index (χ3n) is 2.55. The molecule has 0 spiro atoms. The number of hydrogen-bond acceptors (Lipinski definition) is 4. The molecule has 1 aromatic rings. The van der Waals surface area contributed by atoms with Crippen molar-refractivity contribution in [2.24, 2.45) is 0 Å². The van der Waals surface area contributed by atoms with Gasteiger partial charge in [-0.25, -0.2) is 4.98 Å². The highest BCUT2D eigenvalue weighted by Crippen LogP contribution is 2.26. The molecule has 0 radical (unpaired) electrons. The van der Waals surface area contributed by atoms with Crippen molar-refractivity contribution in [3.63, 3.8) is 0 Å². The van der Waals surface area contributed by atoms with Crippen LogP contribution in [0, 0.1) is 0 Å². The first-order valence-electron chi connectivity index (χ1n) is 5.49. The summed E-state index contributed by atoms with van der Waals surface area (Å²) in [5, 5.41) is 2.65. The van der Waals surface area contributed by atoms with Crippen molar-refractivity contribution in [3.8, 4) is 0 Å². The number of alkyl halides is 3. The number of ether oxygens (including phenoxy) is 1. The van der Waals surface area contributed by atoms with Gasteiger partial charge in [0.15, 0.2) is 5.69 Å². The Kier molecular flexibility index (Phi) is 3.55. The summed E-state index contributed by atoms with van der Waals surface area (Å²) in [4.78, 5) is 16.6. The molecule has 2 N–H and O–H groups in total. The van der Waals surface area contributed by atoms with Crippen LogP contribution >= 0.6 is 0 Å². The first-order chi connectivity index (χ1) is 8.45. The number of aromatic amines is 1. The quantitative estimate of drug-likeness (QED) is 0.864. The SMILES string of the molecule is O=c1cc(C(F)(F)F)nc(NC[C@H]2CCCO2)[nH]1. The van der Waals surface area contributed by atoms with Crippen molar-refractivity contribution in [1.29, 1.82) is 0 Å². The molecule has 8 heteroatoms. The molecule has 2 rings (SSSR count). The van der Waals surface area contributed by atoms with Crippen LogP contribution in [-0.2, 0) is 10.9 Å².